The van der Waals surface area contributed by atoms with Crippen LogP contribution >= 0.6 is 11.8 Å². The first-order valence-electron chi connectivity index (χ1n) is 9.20. The van der Waals surface area contributed by atoms with Gasteiger partial charge in [-0.25, -0.2) is 18.3 Å². The van der Waals surface area contributed by atoms with Crippen LogP contribution in [0.25, 0.3) is 22.7 Å². The molecule has 3 heterocycles. The summed E-state index contributed by atoms with van der Waals surface area (Å²) < 4.78 is 109. The van der Waals surface area contributed by atoms with E-state index in [4.69, 9.17) is 0 Å². The second-order valence-corrected chi connectivity index (χ2v) is 8.26. The monoisotopic (exact) mass is 485 g/mol. The summed E-state index contributed by atoms with van der Waals surface area (Å²) in [4.78, 5) is 10.6. The van der Waals surface area contributed by atoms with Gasteiger partial charge in [0.05, 0.1) is 12.6 Å². The van der Waals surface area contributed by atoms with Crippen LogP contribution in [0.1, 0.15) is 25.0 Å². The number of thioether (sulfide) groups is 1. The first kappa shape index (κ1) is 24.2. The number of halogens is 8. The Balaban J connectivity index is 2.20. The van der Waals surface area contributed by atoms with Crippen molar-refractivity contribution in [2.24, 2.45) is 7.05 Å². The lowest BCUT2D eigenvalue weighted by atomic mass is 9.92. The molecule has 0 radical (unpaired) electrons. The molecule has 3 rings (SSSR count). The predicted molar refractivity (Wildman–Crippen MR) is 101 cm³/mol. The Labute approximate surface area is 181 Å². The van der Waals surface area contributed by atoms with Gasteiger partial charge in [-0.2, -0.15) is 26.3 Å². The van der Waals surface area contributed by atoms with Crippen LogP contribution in [-0.4, -0.2) is 33.1 Å². The van der Waals surface area contributed by atoms with Crippen molar-refractivity contribution in [3.8, 4) is 11.5 Å². The SMILES string of the molecule is CCSc1cc(C(F)([C@H](C)F)C(F)(F)F)cnc1-c1[nH]c2cc(C(F)(F)F)cnc2[n+]1C. The van der Waals surface area contributed by atoms with Crippen molar-refractivity contribution in [2.45, 2.75) is 42.9 Å². The third-order valence-corrected chi connectivity index (χ3v) is 5.77. The molecule has 0 fully saturated rings. The molecule has 0 aromatic carbocycles. The largest absolute Gasteiger partial charge is 0.429 e. The van der Waals surface area contributed by atoms with Gasteiger partial charge in [0, 0.05) is 16.7 Å². The van der Waals surface area contributed by atoms with Gasteiger partial charge in [0.15, 0.2) is 5.52 Å². The average Bonchev–Trinajstić information content (AvgIpc) is 3.01. The predicted octanol–water partition coefficient (Wildman–Crippen LogP) is 5.67. The minimum Gasteiger partial charge on any atom is -0.266 e. The summed E-state index contributed by atoms with van der Waals surface area (Å²) in [6.07, 6.45) is -11.8. The Kier molecular flexibility index (Phi) is 6.17. The fourth-order valence-electron chi connectivity index (χ4n) is 3.21. The van der Waals surface area contributed by atoms with Crippen molar-refractivity contribution in [2.75, 3.05) is 5.75 Å². The second-order valence-electron chi connectivity index (χ2n) is 6.95. The molecule has 3 aromatic heterocycles. The molecule has 2 atom stereocenters. The maximum absolute atomic E-state index is 14.8. The highest BCUT2D eigenvalue weighted by atomic mass is 32.2. The molecule has 174 valence electrons. The van der Waals surface area contributed by atoms with Gasteiger partial charge >= 0.3 is 18.0 Å². The molecule has 1 unspecified atom stereocenters. The minimum absolute atomic E-state index is 0.0168. The molecule has 0 bridgehead atoms. The van der Waals surface area contributed by atoms with E-state index in [9.17, 15) is 35.1 Å². The molecule has 0 saturated heterocycles. The summed E-state index contributed by atoms with van der Waals surface area (Å²) >= 11 is 1.02. The van der Waals surface area contributed by atoms with Crippen molar-refractivity contribution < 1.29 is 39.7 Å². The summed E-state index contributed by atoms with van der Waals surface area (Å²) in [6, 6.07) is 1.70. The molecule has 3 aromatic rings. The molecule has 0 amide bonds. The van der Waals surface area contributed by atoms with Crippen molar-refractivity contribution >= 4 is 22.9 Å². The summed E-state index contributed by atoms with van der Waals surface area (Å²) in [6.45, 7) is 2.16. The molecule has 0 aliphatic heterocycles. The molecule has 0 spiro atoms. The number of nitrogens with one attached hydrogen (secondary N) is 1. The maximum Gasteiger partial charge on any atom is 0.429 e. The van der Waals surface area contributed by atoms with Crippen LogP contribution in [0.4, 0.5) is 35.1 Å². The number of hydrogen-bond donors (Lipinski definition) is 1. The Morgan fingerprint density at radius 2 is 1.66 bits per heavy atom. The van der Waals surface area contributed by atoms with E-state index < -0.39 is 35.3 Å². The van der Waals surface area contributed by atoms with Gasteiger partial charge < -0.3 is 0 Å². The smallest absolute Gasteiger partial charge is 0.266 e. The van der Waals surface area contributed by atoms with Gasteiger partial charge in [0.2, 0.25) is 0 Å². The highest BCUT2D eigenvalue weighted by molar-refractivity contribution is 7.99. The number of hydrogen-bond acceptors (Lipinski definition) is 3. The average molecular weight is 485 g/mol. The van der Waals surface area contributed by atoms with Crippen molar-refractivity contribution in [3.05, 3.63) is 35.7 Å². The van der Waals surface area contributed by atoms with Gasteiger partial charge in [-0.05, 0) is 24.8 Å². The molecule has 0 saturated carbocycles. The van der Waals surface area contributed by atoms with Crippen molar-refractivity contribution in [1.29, 1.82) is 0 Å². The normalized spacial score (nSPS) is 15.7. The highest BCUT2D eigenvalue weighted by Gasteiger charge is 2.61. The van der Waals surface area contributed by atoms with E-state index in [-0.39, 0.29) is 27.6 Å². The molecular formula is C19H17F8N4S+. The minimum atomic E-state index is -5.53. The number of rotatable bonds is 5. The number of fused-ring (bicyclic) bond motifs is 1. The standard InChI is InChI=1S/C19H16F8N4S/c1-4-32-13-6-10(17(21,9(2)20)19(25,26)27)7-28-14(13)16-30-12-5-11(18(22,23)24)8-29-15(12)31(16)3/h5-9H,4H2,1-3H3/p+1/t9-,17?/m0/s1. The van der Waals surface area contributed by atoms with Crippen LogP contribution in [0.3, 0.4) is 0 Å². The lowest BCUT2D eigenvalue weighted by Gasteiger charge is -2.29. The number of H-pyrrole nitrogens is 1. The van der Waals surface area contributed by atoms with Crippen LogP contribution in [0.2, 0.25) is 0 Å². The first-order chi connectivity index (χ1) is 14.7. The number of aromatic nitrogens is 4. The summed E-state index contributed by atoms with van der Waals surface area (Å²) in [5.41, 5.74) is -6.05. The topological polar surface area (TPSA) is 45.5 Å². The van der Waals surface area contributed by atoms with Gasteiger partial charge in [0.1, 0.15) is 18.1 Å². The third-order valence-electron chi connectivity index (χ3n) is 4.86. The quantitative estimate of drug-likeness (QED) is 0.288. The highest BCUT2D eigenvalue weighted by Crippen LogP contribution is 2.47. The van der Waals surface area contributed by atoms with E-state index >= 15 is 0 Å². The van der Waals surface area contributed by atoms with Crippen LogP contribution in [-0.2, 0) is 18.9 Å². The fourth-order valence-corrected chi connectivity index (χ4v) is 4.02. The lowest BCUT2D eigenvalue weighted by molar-refractivity contribution is -0.635. The molecule has 1 N–H and O–H groups in total. The van der Waals surface area contributed by atoms with Crippen molar-refractivity contribution in [1.82, 2.24) is 15.0 Å². The summed E-state index contributed by atoms with van der Waals surface area (Å²) in [5, 5.41) is 0. The Hall–Kier alpha value is -2.44. The number of nitrogens with zero attached hydrogens (tertiary/aromatic N) is 3. The first-order valence-corrected chi connectivity index (χ1v) is 10.2. The Morgan fingerprint density at radius 3 is 2.19 bits per heavy atom. The van der Waals surface area contributed by atoms with Gasteiger partial charge in [0.25, 0.3) is 11.5 Å². The Bertz CT molecular complexity index is 1140. The number of aryl methyl sites for hydroxylation is 1. The van der Waals surface area contributed by atoms with Crippen LogP contribution < -0.4 is 4.57 Å². The van der Waals surface area contributed by atoms with Crippen LogP contribution in [0.15, 0.2) is 29.4 Å². The molecule has 13 heteroatoms. The van der Waals surface area contributed by atoms with E-state index in [1.165, 1.54) is 11.6 Å². The van der Waals surface area contributed by atoms with E-state index in [0.29, 0.717) is 25.1 Å². The number of alkyl halides is 8. The number of aromatic amines is 1. The van der Waals surface area contributed by atoms with Crippen LogP contribution in [0.5, 0.6) is 0 Å². The second kappa shape index (κ2) is 8.16. The molecule has 0 aliphatic rings. The summed E-state index contributed by atoms with van der Waals surface area (Å²) in [7, 11) is 1.48. The van der Waals surface area contributed by atoms with E-state index in [2.05, 4.69) is 15.0 Å². The lowest BCUT2D eigenvalue weighted by Crippen LogP contribution is -2.45. The number of pyridine rings is 2. The molecule has 0 aliphatic carbocycles. The fraction of sp³-hybridized carbons (Fsp3) is 0.421. The zero-order chi connectivity index (χ0) is 24.1. The third kappa shape index (κ3) is 4.02. The van der Waals surface area contributed by atoms with E-state index in [1.807, 2.05) is 0 Å². The van der Waals surface area contributed by atoms with Gasteiger partial charge in [-0.15, -0.1) is 16.7 Å². The van der Waals surface area contributed by atoms with Crippen LogP contribution in [0, 0.1) is 0 Å². The molecular weight excluding hydrogens is 468 g/mol. The van der Waals surface area contributed by atoms with Gasteiger partial charge in [-0.1, -0.05) is 6.92 Å². The van der Waals surface area contributed by atoms with Crippen molar-refractivity contribution in [3.63, 3.8) is 0 Å². The van der Waals surface area contributed by atoms with E-state index in [1.54, 1.807) is 6.92 Å². The zero-order valence-electron chi connectivity index (χ0n) is 16.9. The number of imidazole rings is 1. The molecule has 32 heavy (non-hydrogen) atoms. The zero-order valence-corrected chi connectivity index (χ0v) is 17.7. The Morgan fingerprint density at radius 1 is 1.03 bits per heavy atom. The molecule has 4 nitrogen and oxygen atoms in total. The maximum atomic E-state index is 14.8. The van der Waals surface area contributed by atoms with E-state index in [0.717, 1.165) is 23.9 Å². The summed E-state index contributed by atoms with van der Waals surface area (Å²) in [5.74, 6) is 0.494. The van der Waals surface area contributed by atoms with Gasteiger partial charge in [-0.3, -0.25) is 4.98 Å².